The van der Waals surface area contributed by atoms with Crippen molar-refractivity contribution in [1.82, 2.24) is 9.91 Å². The number of allylic oxidation sites excluding steroid dienone is 3. The first-order chi connectivity index (χ1) is 27.8. The predicted octanol–water partition coefficient (Wildman–Crippen LogP) is 6.05. The highest BCUT2D eigenvalue weighted by molar-refractivity contribution is 6.23. The minimum atomic E-state index is -1.01. The van der Waals surface area contributed by atoms with E-state index in [0.717, 1.165) is 26.1 Å². The van der Waals surface area contributed by atoms with Crippen LogP contribution in [0.2, 0.25) is 0 Å². The molecule has 6 N–H and O–H groups in total. The summed E-state index contributed by atoms with van der Waals surface area (Å²) in [5.41, 5.74) is 0.122. The first-order valence-corrected chi connectivity index (χ1v) is 20.6. The van der Waals surface area contributed by atoms with E-state index in [9.17, 15) is 39.9 Å². The molecule has 324 valence electrons. The number of hydrogen-bond donors (Lipinski definition) is 6. The van der Waals surface area contributed by atoms with Crippen LogP contribution in [0.3, 0.4) is 0 Å². The van der Waals surface area contributed by atoms with Crippen molar-refractivity contribution in [2.45, 2.75) is 100 Å². The van der Waals surface area contributed by atoms with Crippen molar-refractivity contribution in [3.05, 3.63) is 53.1 Å². The largest absolute Gasteiger partial charge is 0.507 e. The first-order valence-electron chi connectivity index (χ1n) is 20.6. The molecule has 2 aromatic carbocycles. The Bertz CT molecular complexity index is 1980. The number of amides is 1. The molecule has 1 fully saturated rings. The second-order valence-electron chi connectivity index (χ2n) is 16.4. The fourth-order valence-electron chi connectivity index (χ4n) is 7.94. The molecule has 0 aromatic heterocycles. The smallest absolute Gasteiger partial charge is 0.302 e. The van der Waals surface area contributed by atoms with Gasteiger partial charge in [-0.1, -0.05) is 65.8 Å². The Labute approximate surface area is 347 Å². The van der Waals surface area contributed by atoms with Crippen molar-refractivity contribution in [2.75, 3.05) is 38.0 Å². The summed E-state index contributed by atoms with van der Waals surface area (Å²) in [7, 11) is 0. The van der Waals surface area contributed by atoms with E-state index in [2.05, 4.69) is 28.8 Å². The van der Waals surface area contributed by atoms with Gasteiger partial charge in [-0.25, -0.2) is 0 Å². The number of benzene rings is 2. The van der Waals surface area contributed by atoms with Crippen LogP contribution in [-0.2, 0) is 14.3 Å². The van der Waals surface area contributed by atoms with Crippen molar-refractivity contribution in [1.29, 1.82) is 0 Å². The molecule has 2 aromatic rings. The maximum absolute atomic E-state index is 13.7. The molecular weight excluding hydrogens is 757 g/mol. The Balaban J connectivity index is 1.62. The van der Waals surface area contributed by atoms with E-state index in [-0.39, 0.29) is 56.3 Å². The molecule has 2 heterocycles. The number of carbonyl (C=O) groups excluding carboxylic acids is 3. The number of Topliss-reactive ketones (excluding diaryl/α,β-unsaturated/α-hetero) is 1. The third-order valence-electron chi connectivity index (χ3n) is 12.1. The van der Waals surface area contributed by atoms with E-state index >= 15 is 0 Å². The normalized spacial score (nSPS) is 20.5. The van der Waals surface area contributed by atoms with Crippen LogP contribution in [0.25, 0.3) is 10.8 Å². The van der Waals surface area contributed by atoms with Crippen LogP contribution in [0.4, 0.5) is 5.69 Å². The topological polar surface area (TPSA) is 202 Å². The molecule has 0 spiro atoms. The van der Waals surface area contributed by atoms with E-state index in [0.29, 0.717) is 13.1 Å². The summed E-state index contributed by atoms with van der Waals surface area (Å²) >= 11 is 0. The number of esters is 1. The number of aliphatic hydroxyl groups excluding tert-OH is 2. The molecule has 0 bridgehead atoms. The van der Waals surface area contributed by atoms with Crippen molar-refractivity contribution in [3.8, 4) is 23.0 Å². The number of carbonyl (C=O) groups is 3. The van der Waals surface area contributed by atoms with Gasteiger partial charge >= 0.3 is 5.97 Å². The van der Waals surface area contributed by atoms with Gasteiger partial charge in [0.05, 0.1) is 40.6 Å². The molecule has 2 aliphatic heterocycles. The van der Waals surface area contributed by atoms with E-state index < -0.39 is 77.1 Å². The lowest BCUT2D eigenvalue weighted by atomic mass is 9.77. The number of ether oxygens (including phenoxy) is 2. The van der Waals surface area contributed by atoms with Gasteiger partial charge < -0.3 is 40.3 Å². The van der Waals surface area contributed by atoms with Crippen molar-refractivity contribution in [2.24, 2.45) is 34.7 Å². The number of nitrogens with one attached hydrogen (secondary N) is 1. The second kappa shape index (κ2) is 19.9. The highest BCUT2D eigenvalue weighted by Gasteiger charge is 2.39. The zero-order valence-electron chi connectivity index (χ0n) is 36.2. The number of ketones is 1. The molecule has 59 heavy (non-hydrogen) atoms. The number of aromatic hydroxyl groups is 3. The molecule has 0 aliphatic carbocycles. The number of hydrogen-bond acceptors (Lipinski definition) is 13. The van der Waals surface area contributed by atoms with Crippen LogP contribution < -0.4 is 10.1 Å². The maximum Gasteiger partial charge on any atom is 0.302 e. The van der Waals surface area contributed by atoms with Crippen molar-refractivity contribution >= 4 is 40.3 Å². The minimum Gasteiger partial charge on any atom is -0.507 e. The van der Waals surface area contributed by atoms with Gasteiger partial charge in [0, 0.05) is 67.4 Å². The van der Waals surface area contributed by atoms with Crippen LogP contribution in [0, 0.1) is 36.5 Å². The standard InChI is InChI=1S/C45H64N4O10/c1-12-17-48-18-20-49(21-19-48)46-22-32-36(42(56)34-33(41(32)55)35-40(54)30(10)58-44(35)29(9)39(34)53)47-45(57)25(5)16-14-15-24(4)37(51)27(7)38(52)28(8)43(59-31(11)50)26(6)23(3)13-2/h13-16,22-24,26-28,30,37-38,43,51-53,55-56H,2,12,17-21H2,1,3-11H3,(H,47,57)/b15-14+,25-16-,46-22+/t23-,24-,26+,27+,28+,30-,37-,38+,43+/m0/s1. The first kappa shape index (κ1) is 46.8. The lowest BCUT2D eigenvalue weighted by molar-refractivity contribution is -0.158. The van der Waals surface area contributed by atoms with E-state index in [1.807, 2.05) is 18.9 Å². The summed E-state index contributed by atoms with van der Waals surface area (Å²) in [4.78, 5) is 41.3. The molecule has 1 amide bonds. The summed E-state index contributed by atoms with van der Waals surface area (Å²) in [6, 6.07) is 0. The van der Waals surface area contributed by atoms with Crippen LogP contribution in [0.1, 0.15) is 90.2 Å². The van der Waals surface area contributed by atoms with E-state index in [1.54, 1.807) is 52.8 Å². The highest BCUT2D eigenvalue weighted by Crippen LogP contribution is 2.53. The summed E-state index contributed by atoms with van der Waals surface area (Å²) in [6.45, 7) is 24.9. The third kappa shape index (κ3) is 10.1. The Morgan fingerprint density at radius 3 is 2.19 bits per heavy atom. The van der Waals surface area contributed by atoms with Gasteiger partial charge in [0.2, 0.25) is 5.78 Å². The Morgan fingerprint density at radius 2 is 1.59 bits per heavy atom. The fraction of sp³-hybridized carbons (Fsp3) is 0.556. The molecule has 0 unspecified atom stereocenters. The summed E-state index contributed by atoms with van der Waals surface area (Å²) in [5, 5.41) is 66.3. The monoisotopic (exact) mass is 820 g/mol. The third-order valence-corrected chi connectivity index (χ3v) is 12.1. The van der Waals surface area contributed by atoms with Crippen molar-refractivity contribution < 1.29 is 49.4 Å². The van der Waals surface area contributed by atoms with Crippen LogP contribution in [0.5, 0.6) is 23.0 Å². The summed E-state index contributed by atoms with van der Waals surface area (Å²) in [5.74, 6) is -4.59. The van der Waals surface area contributed by atoms with Crippen LogP contribution in [0.15, 0.2) is 41.6 Å². The number of phenolic OH excluding ortho intramolecular Hbond substituents is 3. The minimum absolute atomic E-state index is 0.0113. The molecular formula is C45H64N4O10. The van der Waals surface area contributed by atoms with Gasteiger partial charge in [-0.3, -0.25) is 24.3 Å². The maximum atomic E-state index is 13.7. The SMILES string of the molecule is C=C[C@H](C)[C@@H](C)[C@@H](OC(C)=O)[C@H](C)[C@H](O)[C@H](C)[C@@H](O)[C@@H](C)/C=C/C=C(/C)C(=O)Nc1c(/C=N/N2CCN(CCC)CC2)c(O)c2c3c(c(C)c(O)c2c1O)O[C@@H](C)C3=O. The molecule has 0 radical (unpaired) electrons. The number of fused-ring (bicyclic) bond motifs is 3. The van der Waals surface area contributed by atoms with E-state index in [1.165, 1.54) is 26.1 Å². The number of anilines is 1. The quantitative estimate of drug-likeness (QED) is 0.0206. The number of aliphatic hydroxyl groups is 2. The number of hydrazone groups is 1. The summed E-state index contributed by atoms with van der Waals surface area (Å²) < 4.78 is 11.4. The Morgan fingerprint density at radius 1 is 0.949 bits per heavy atom. The Hall–Kier alpha value is -4.92. The fourth-order valence-corrected chi connectivity index (χ4v) is 7.94. The van der Waals surface area contributed by atoms with Gasteiger partial charge in [0.15, 0.2) is 11.9 Å². The molecule has 4 rings (SSSR count). The lowest BCUT2D eigenvalue weighted by Crippen LogP contribution is -2.45. The molecule has 14 heteroatoms. The van der Waals surface area contributed by atoms with Crippen molar-refractivity contribution in [3.63, 3.8) is 0 Å². The predicted molar refractivity (Wildman–Crippen MR) is 229 cm³/mol. The average molecular weight is 821 g/mol. The van der Waals surface area contributed by atoms with Crippen LogP contribution >= 0.6 is 0 Å². The van der Waals surface area contributed by atoms with Gasteiger partial charge in [0.1, 0.15) is 23.4 Å². The van der Waals surface area contributed by atoms with Gasteiger partial charge in [-0.2, -0.15) is 5.10 Å². The lowest BCUT2D eigenvalue weighted by Gasteiger charge is -2.37. The number of nitrogens with zero attached hydrogens (tertiary/aromatic N) is 3. The molecule has 2 aliphatic rings. The van der Waals surface area contributed by atoms with Gasteiger partial charge in [-0.05, 0) is 45.6 Å². The van der Waals surface area contributed by atoms with Gasteiger partial charge in [0.25, 0.3) is 5.91 Å². The van der Waals surface area contributed by atoms with E-state index in [4.69, 9.17) is 9.47 Å². The highest BCUT2D eigenvalue weighted by atomic mass is 16.5. The molecule has 14 nitrogen and oxygen atoms in total. The summed E-state index contributed by atoms with van der Waals surface area (Å²) in [6.07, 6.45) is 5.45. The molecule has 1 saturated heterocycles. The zero-order chi connectivity index (χ0) is 44.0. The average Bonchev–Trinajstić information content (AvgIpc) is 3.51. The number of piperazine rings is 1. The molecule has 9 atom stereocenters. The van der Waals surface area contributed by atoms with Crippen LogP contribution in [-0.4, -0.2) is 116 Å². The Kier molecular flexibility index (Phi) is 15.8. The van der Waals surface area contributed by atoms with Gasteiger partial charge in [-0.15, -0.1) is 6.58 Å². The zero-order valence-corrected chi connectivity index (χ0v) is 36.2. The molecule has 0 saturated carbocycles. The number of rotatable bonds is 17. The second-order valence-corrected chi connectivity index (χ2v) is 16.4. The number of phenols is 3.